The number of hydrogen-bond donors (Lipinski definition) is 2. The summed E-state index contributed by atoms with van der Waals surface area (Å²) >= 11 is 1.45. The molecule has 2 heterocycles. The van der Waals surface area contributed by atoms with Gasteiger partial charge in [-0.2, -0.15) is 0 Å². The molecule has 4 rings (SSSR count). The Morgan fingerprint density at radius 2 is 1.70 bits per heavy atom. The standard InChI is InChI=1S/C23H20N4O2S/c1-16-14-20(27-29-16)15-30-23-21(8-5-13-24-23)22(28)26-19-11-9-18(10-12-19)25-17-6-3-2-4-7-17/h2-14,25H,15H2,1H3,(H,26,28). The lowest BCUT2D eigenvalue weighted by atomic mass is 10.2. The van der Waals surface area contributed by atoms with E-state index >= 15 is 0 Å². The lowest BCUT2D eigenvalue weighted by molar-refractivity contribution is 0.102. The van der Waals surface area contributed by atoms with Gasteiger partial charge in [-0.25, -0.2) is 4.98 Å². The van der Waals surface area contributed by atoms with E-state index in [-0.39, 0.29) is 5.91 Å². The van der Waals surface area contributed by atoms with Crippen molar-refractivity contribution < 1.29 is 9.32 Å². The number of nitrogens with zero attached hydrogens (tertiary/aromatic N) is 2. The van der Waals surface area contributed by atoms with Crippen LogP contribution in [-0.4, -0.2) is 16.0 Å². The molecule has 0 saturated heterocycles. The summed E-state index contributed by atoms with van der Waals surface area (Å²) in [5.41, 5.74) is 4.00. The Balaban J connectivity index is 1.41. The highest BCUT2D eigenvalue weighted by Crippen LogP contribution is 2.25. The predicted molar refractivity (Wildman–Crippen MR) is 119 cm³/mol. The molecule has 0 aliphatic heterocycles. The maximum Gasteiger partial charge on any atom is 0.258 e. The number of anilines is 3. The highest BCUT2D eigenvalue weighted by Gasteiger charge is 2.14. The highest BCUT2D eigenvalue weighted by atomic mass is 32.2. The van der Waals surface area contributed by atoms with Gasteiger partial charge in [-0.05, 0) is 55.5 Å². The first kappa shape index (κ1) is 19.7. The Bertz CT molecular complexity index is 1130. The van der Waals surface area contributed by atoms with Gasteiger partial charge in [-0.3, -0.25) is 4.79 Å². The summed E-state index contributed by atoms with van der Waals surface area (Å²) < 4.78 is 5.09. The van der Waals surface area contributed by atoms with Crippen molar-refractivity contribution in [3.63, 3.8) is 0 Å². The second-order valence-corrected chi connectivity index (χ2v) is 7.56. The molecule has 6 nitrogen and oxygen atoms in total. The number of rotatable bonds is 7. The zero-order valence-corrected chi connectivity index (χ0v) is 17.1. The first-order valence-corrected chi connectivity index (χ1v) is 10.4. The van der Waals surface area contributed by atoms with Crippen molar-refractivity contribution in [3.05, 3.63) is 96.0 Å². The van der Waals surface area contributed by atoms with Crippen LogP contribution in [0.4, 0.5) is 17.1 Å². The SMILES string of the molecule is Cc1cc(CSc2ncccc2C(=O)Nc2ccc(Nc3ccccc3)cc2)no1. The molecule has 0 atom stereocenters. The van der Waals surface area contributed by atoms with E-state index in [4.69, 9.17) is 4.52 Å². The van der Waals surface area contributed by atoms with Gasteiger partial charge in [-0.15, -0.1) is 0 Å². The third-order valence-electron chi connectivity index (χ3n) is 4.25. The molecular weight excluding hydrogens is 396 g/mol. The molecule has 0 unspecified atom stereocenters. The Hall–Kier alpha value is -3.58. The van der Waals surface area contributed by atoms with E-state index in [1.807, 2.05) is 67.6 Å². The number of pyridine rings is 1. The molecule has 0 spiro atoms. The molecule has 0 radical (unpaired) electrons. The molecule has 7 heteroatoms. The topological polar surface area (TPSA) is 80.0 Å². The number of benzene rings is 2. The smallest absolute Gasteiger partial charge is 0.258 e. The van der Waals surface area contributed by atoms with Crippen molar-refractivity contribution in [1.29, 1.82) is 0 Å². The van der Waals surface area contributed by atoms with Gasteiger partial charge in [-0.1, -0.05) is 35.1 Å². The second-order valence-electron chi connectivity index (χ2n) is 6.60. The van der Waals surface area contributed by atoms with Gasteiger partial charge >= 0.3 is 0 Å². The summed E-state index contributed by atoms with van der Waals surface area (Å²) in [5, 5.41) is 10.9. The van der Waals surface area contributed by atoms with Crippen LogP contribution in [0.25, 0.3) is 0 Å². The number of thioether (sulfide) groups is 1. The van der Waals surface area contributed by atoms with Gasteiger partial charge in [0.05, 0.1) is 11.3 Å². The Labute approximate surface area is 178 Å². The zero-order chi connectivity index (χ0) is 20.8. The van der Waals surface area contributed by atoms with Crippen LogP contribution < -0.4 is 10.6 Å². The fourth-order valence-corrected chi connectivity index (χ4v) is 3.70. The third-order valence-corrected chi connectivity index (χ3v) is 5.29. The van der Waals surface area contributed by atoms with Crippen molar-refractivity contribution in [1.82, 2.24) is 10.1 Å². The van der Waals surface area contributed by atoms with E-state index in [2.05, 4.69) is 20.8 Å². The van der Waals surface area contributed by atoms with Gasteiger partial charge in [0.25, 0.3) is 5.91 Å². The monoisotopic (exact) mass is 416 g/mol. The molecule has 0 aliphatic carbocycles. The van der Waals surface area contributed by atoms with Crippen molar-refractivity contribution >= 4 is 34.7 Å². The molecule has 0 aliphatic rings. The Morgan fingerprint density at radius 3 is 2.43 bits per heavy atom. The highest BCUT2D eigenvalue weighted by molar-refractivity contribution is 7.98. The van der Waals surface area contributed by atoms with E-state index in [0.717, 1.165) is 22.8 Å². The van der Waals surface area contributed by atoms with Crippen molar-refractivity contribution in [2.75, 3.05) is 10.6 Å². The third kappa shape index (κ3) is 5.07. The molecule has 2 aromatic carbocycles. The van der Waals surface area contributed by atoms with Crippen LogP contribution in [0.5, 0.6) is 0 Å². The van der Waals surface area contributed by atoms with Crippen LogP contribution >= 0.6 is 11.8 Å². The Morgan fingerprint density at radius 1 is 0.967 bits per heavy atom. The maximum atomic E-state index is 12.8. The van der Waals surface area contributed by atoms with Gasteiger partial charge in [0.2, 0.25) is 0 Å². The van der Waals surface area contributed by atoms with Crippen LogP contribution in [0.3, 0.4) is 0 Å². The summed E-state index contributed by atoms with van der Waals surface area (Å²) in [5.74, 6) is 1.13. The number of nitrogens with one attached hydrogen (secondary N) is 2. The molecule has 1 amide bonds. The number of para-hydroxylation sites is 1. The number of amides is 1. The lowest BCUT2D eigenvalue weighted by Crippen LogP contribution is -2.13. The van der Waals surface area contributed by atoms with E-state index in [1.54, 1.807) is 18.3 Å². The second kappa shape index (κ2) is 9.28. The molecule has 0 bridgehead atoms. The fourth-order valence-electron chi connectivity index (χ4n) is 2.83. The summed E-state index contributed by atoms with van der Waals surface area (Å²) in [7, 11) is 0. The summed E-state index contributed by atoms with van der Waals surface area (Å²) in [6, 6.07) is 22.9. The molecule has 30 heavy (non-hydrogen) atoms. The van der Waals surface area contributed by atoms with Crippen LogP contribution in [-0.2, 0) is 5.75 Å². The largest absolute Gasteiger partial charge is 0.361 e. The van der Waals surface area contributed by atoms with E-state index in [0.29, 0.717) is 22.0 Å². The van der Waals surface area contributed by atoms with Crippen molar-refractivity contribution in [3.8, 4) is 0 Å². The number of aromatic nitrogens is 2. The van der Waals surface area contributed by atoms with E-state index in [9.17, 15) is 4.79 Å². The minimum absolute atomic E-state index is 0.203. The molecule has 0 saturated carbocycles. The van der Waals surface area contributed by atoms with Gasteiger partial charge < -0.3 is 15.2 Å². The average Bonchev–Trinajstić information content (AvgIpc) is 3.20. The molecule has 0 fully saturated rings. The predicted octanol–water partition coefficient (Wildman–Crippen LogP) is 5.67. The summed E-state index contributed by atoms with van der Waals surface area (Å²) in [4.78, 5) is 17.2. The first-order chi connectivity index (χ1) is 14.7. The Kier molecular flexibility index (Phi) is 6.10. The fraction of sp³-hybridized carbons (Fsp3) is 0.0870. The molecule has 2 N–H and O–H groups in total. The number of carbonyl (C=O) groups excluding carboxylic acids is 1. The molecular formula is C23H20N4O2S. The molecule has 4 aromatic rings. The summed E-state index contributed by atoms with van der Waals surface area (Å²) in [6.45, 7) is 1.85. The normalized spacial score (nSPS) is 10.6. The van der Waals surface area contributed by atoms with Gasteiger partial charge in [0.1, 0.15) is 10.8 Å². The molecule has 2 aromatic heterocycles. The van der Waals surface area contributed by atoms with Crippen LogP contribution in [0, 0.1) is 6.92 Å². The van der Waals surface area contributed by atoms with Crippen LogP contribution in [0.2, 0.25) is 0 Å². The van der Waals surface area contributed by atoms with Gasteiger partial charge in [0, 0.05) is 35.1 Å². The number of aryl methyl sites for hydroxylation is 1. The first-order valence-electron chi connectivity index (χ1n) is 9.41. The minimum Gasteiger partial charge on any atom is -0.361 e. The maximum absolute atomic E-state index is 12.8. The van der Waals surface area contributed by atoms with E-state index < -0.39 is 0 Å². The van der Waals surface area contributed by atoms with Crippen LogP contribution in [0.1, 0.15) is 21.8 Å². The van der Waals surface area contributed by atoms with Gasteiger partial charge in [0.15, 0.2) is 0 Å². The van der Waals surface area contributed by atoms with Crippen molar-refractivity contribution in [2.45, 2.75) is 17.7 Å². The average molecular weight is 417 g/mol. The zero-order valence-electron chi connectivity index (χ0n) is 16.3. The number of hydrogen-bond acceptors (Lipinski definition) is 6. The van der Waals surface area contributed by atoms with Crippen molar-refractivity contribution in [2.24, 2.45) is 0 Å². The van der Waals surface area contributed by atoms with Crippen LogP contribution in [0.15, 0.2) is 88.5 Å². The quantitative estimate of drug-likeness (QED) is 0.378. The van der Waals surface area contributed by atoms with E-state index in [1.165, 1.54) is 11.8 Å². The number of carbonyl (C=O) groups is 1. The minimum atomic E-state index is -0.203. The molecule has 150 valence electrons. The lowest BCUT2D eigenvalue weighted by Gasteiger charge is -2.10. The summed E-state index contributed by atoms with van der Waals surface area (Å²) in [6.07, 6.45) is 1.68.